The molecule has 0 bridgehead atoms. The lowest BCUT2D eigenvalue weighted by molar-refractivity contribution is 0.112. The van der Waals surface area contributed by atoms with Crippen molar-refractivity contribution in [3.8, 4) is 29.3 Å². The van der Waals surface area contributed by atoms with E-state index in [9.17, 15) is 4.79 Å². The van der Waals surface area contributed by atoms with E-state index >= 15 is 0 Å². The predicted molar refractivity (Wildman–Crippen MR) is 174 cm³/mol. The van der Waals surface area contributed by atoms with Crippen molar-refractivity contribution in [2.45, 2.75) is 104 Å². The Balaban J connectivity index is 1.49. The molecule has 5 heteroatoms. The second-order valence-electron chi connectivity index (χ2n) is 10.3. The molecule has 4 heterocycles. The maximum atomic E-state index is 11.3. The molecule has 0 fully saturated rings. The van der Waals surface area contributed by atoms with Crippen LogP contribution in [-0.2, 0) is 12.8 Å². The van der Waals surface area contributed by atoms with Crippen molar-refractivity contribution in [3.63, 3.8) is 0 Å². The molecule has 0 amide bonds. The molecule has 0 saturated carbocycles. The second-order valence-corrected chi connectivity index (χ2v) is 14.4. The third-order valence-corrected chi connectivity index (χ3v) is 12.0. The normalized spacial score (nSPS) is 11.4. The Labute approximate surface area is 246 Å². The standard InChI is InChI=1S/C33H42OS4/c1-3-5-7-9-11-13-15-25-21-22-35-32(25)29-19-20-30(37-29)33-26(16-14-12-10-8-6-4-2)23-31(38-33)28-18-17-27(24-34)36-28/h17-24H,3-16H2,1-2H3. The molecule has 0 aromatic carbocycles. The van der Waals surface area contributed by atoms with Gasteiger partial charge in [-0.25, -0.2) is 0 Å². The van der Waals surface area contributed by atoms with Crippen LogP contribution in [0.2, 0.25) is 0 Å². The zero-order valence-electron chi connectivity index (χ0n) is 23.1. The van der Waals surface area contributed by atoms with Crippen molar-refractivity contribution >= 4 is 51.6 Å². The van der Waals surface area contributed by atoms with Crippen LogP contribution in [0, 0.1) is 0 Å². The van der Waals surface area contributed by atoms with Crippen LogP contribution < -0.4 is 0 Å². The van der Waals surface area contributed by atoms with Gasteiger partial charge in [-0.2, -0.15) is 0 Å². The SMILES string of the molecule is CCCCCCCCc1ccsc1-c1ccc(-c2sc(-c3ccc(C=O)s3)cc2CCCCCCCC)s1. The number of aryl methyl sites for hydroxylation is 2. The minimum absolute atomic E-state index is 0.807. The van der Waals surface area contributed by atoms with Crippen molar-refractivity contribution in [2.24, 2.45) is 0 Å². The maximum Gasteiger partial charge on any atom is 0.160 e. The van der Waals surface area contributed by atoms with Crippen LogP contribution in [0.1, 0.15) is 112 Å². The van der Waals surface area contributed by atoms with Gasteiger partial charge < -0.3 is 0 Å². The summed E-state index contributed by atoms with van der Waals surface area (Å²) in [5, 5.41) is 2.27. The molecule has 0 aliphatic heterocycles. The summed E-state index contributed by atoms with van der Waals surface area (Å²) in [7, 11) is 0. The van der Waals surface area contributed by atoms with Crippen LogP contribution >= 0.6 is 45.3 Å². The van der Waals surface area contributed by atoms with Crippen molar-refractivity contribution in [1.29, 1.82) is 0 Å². The molecule has 0 N–H and O–H groups in total. The van der Waals surface area contributed by atoms with Crippen LogP contribution in [-0.4, -0.2) is 6.29 Å². The number of hydrogen-bond acceptors (Lipinski definition) is 5. The van der Waals surface area contributed by atoms with E-state index in [1.807, 2.05) is 40.1 Å². The Kier molecular flexibility index (Phi) is 12.3. The quantitative estimate of drug-likeness (QED) is 0.0842. The van der Waals surface area contributed by atoms with Crippen LogP contribution in [0.4, 0.5) is 0 Å². The molecule has 0 radical (unpaired) electrons. The highest BCUT2D eigenvalue weighted by Gasteiger charge is 2.17. The summed E-state index contributed by atoms with van der Waals surface area (Å²) in [6.45, 7) is 4.57. The van der Waals surface area contributed by atoms with Gasteiger partial charge in [-0.1, -0.05) is 78.1 Å². The fourth-order valence-electron chi connectivity index (χ4n) is 5.02. The van der Waals surface area contributed by atoms with Gasteiger partial charge >= 0.3 is 0 Å². The molecule has 0 atom stereocenters. The first-order valence-corrected chi connectivity index (χ1v) is 17.9. The number of carbonyl (C=O) groups is 1. The highest BCUT2D eigenvalue weighted by atomic mass is 32.1. The summed E-state index contributed by atoms with van der Waals surface area (Å²) < 4.78 is 0. The van der Waals surface area contributed by atoms with Crippen LogP contribution in [0.3, 0.4) is 0 Å². The Morgan fingerprint density at radius 3 is 1.84 bits per heavy atom. The number of carbonyl (C=O) groups excluding carboxylic acids is 1. The smallest absolute Gasteiger partial charge is 0.160 e. The summed E-state index contributed by atoms with van der Waals surface area (Å²) >= 11 is 7.37. The molecule has 0 aliphatic carbocycles. The minimum Gasteiger partial charge on any atom is -0.297 e. The molecule has 204 valence electrons. The first-order valence-electron chi connectivity index (χ1n) is 14.6. The monoisotopic (exact) mass is 582 g/mol. The molecule has 1 nitrogen and oxygen atoms in total. The second kappa shape index (κ2) is 15.9. The van der Waals surface area contributed by atoms with E-state index in [2.05, 4.69) is 49.6 Å². The summed E-state index contributed by atoms with van der Waals surface area (Å²) in [5.41, 5.74) is 3.01. The largest absolute Gasteiger partial charge is 0.297 e. The van der Waals surface area contributed by atoms with Gasteiger partial charge in [0, 0.05) is 29.3 Å². The first-order chi connectivity index (χ1) is 18.7. The van der Waals surface area contributed by atoms with Gasteiger partial charge in [0.05, 0.1) is 4.88 Å². The molecule has 0 spiro atoms. The Hall–Kier alpha value is -1.53. The molecular weight excluding hydrogens is 541 g/mol. The van der Waals surface area contributed by atoms with Crippen molar-refractivity contribution in [3.05, 3.63) is 57.8 Å². The molecule has 0 aliphatic rings. The predicted octanol–water partition coefficient (Wildman–Crippen LogP) is 12.6. The van der Waals surface area contributed by atoms with Crippen molar-refractivity contribution in [2.75, 3.05) is 0 Å². The first kappa shape index (κ1) is 29.5. The minimum atomic E-state index is 0.807. The van der Waals surface area contributed by atoms with Gasteiger partial charge in [-0.15, -0.1) is 45.3 Å². The van der Waals surface area contributed by atoms with E-state index < -0.39 is 0 Å². The number of rotatable bonds is 18. The summed E-state index contributed by atoms with van der Waals surface area (Å²) in [4.78, 5) is 20.3. The average Bonchev–Trinajstić information content (AvgIpc) is 3.73. The molecule has 4 rings (SSSR count). The Morgan fingerprint density at radius 1 is 0.579 bits per heavy atom. The van der Waals surface area contributed by atoms with E-state index in [1.165, 1.54) is 124 Å². The molecule has 4 aromatic heterocycles. The Morgan fingerprint density at radius 2 is 1.18 bits per heavy atom. The van der Waals surface area contributed by atoms with Gasteiger partial charge in [-0.3, -0.25) is 4.79 Å². The summed E-state index contributed by atoms with van der Waals surface area (Å²) in [6.07, 6.45) is 19.3. The van der Waals surface area contributed by atoms with E-state index in [4.69, 9.17) is 0 Å². The lowest BCUT2D eigenvalue weighted by Crippen LogP contribution is -1.86. The van der Waals surface area contributed by atoms with Gasteiger partial charge in [0.1, 0.15) is 0 Å². The van der Waals surface area contributed by atoms with E-state index in [0.29, 0.717) is 0 Å². The van der Waals surface area contributed by atoms with Crippen LogP contribution in [0.15, 0.2) is 41.8 Å². The fraction of sp³-hybridized carbons (Fsp3) is 0.485. The number of unbranched alkanes of at least 4 members (excludes halogenated alkanes) is 10. The molecule has 0 saturated heterocycles. The lowest BCUT2D eigenvalue weighted by Gasteiger charge is -2.04. The third-order valence-electron chi connectivity index (χ3n) is 7.19. The fourth-order valence-corrected chi connectivity index (χ4v) is 9.40. The molecule has 4 aromatic rings. The number of thiophene rings is 4. The summed E-state index contributed by atoms with van der Waals surface area (Å²) in [6, 6.07) is 13.5. The molecule has 38 heavy (non-hydrogen) atoms. The highest BCUT2D eigenvalue weighted by Crippen LogP contribution is 2.46. The zero-order valence-corrected chi connectivity index (χ0v) is 26.3. The van der Waals surface area contributed by atoms with Gasteiger partial charge in [-0.05, 0) is 78.6 Å². The zero-order chi connectivity index (χ0) is 26.6. The topological polar surface area (TPSA) is 17.1 Å². The van der Waals surface area contributed by atoms with Crippen LogP contribution in [0.5, 0.6) is 0 Å². The number of aldehydes is 1. The van der Waals surface area contributed by atoms with Gasteiger partial charge in [0.2, 0.25) is 0 Å². The van der Waals surface area contributed by atoms with E-state index in [0.717, 1.165) is 17.6 Å². The molecule has 0 unspecified atom stereocenters. The number of hydrogen-bond donors (Lipinski definition) is 0. The van der Waals surface area contributed by atoms with Crippen molar-refractivity contribution < 1.29 is 4.79 Å². The van der Waals surface area contributed by atoms with Crippen LogP contribution in [0.25, 0.3) is 29.3 Å². The Bertz CT molecular complexity index is 1240. The highest BCUT2D eigenvalue weighted by molar-refractivity contribution is 7.28. The van der Waals surface area contributed by atoms with Crippen molar-refractivity contribution in [1.82, 2.24) is 0 Å². The average molecular weight is 583 g/mol. The van der Waals surface area contributed by atoms with E-state index in [1.54, 1.807) is 11.3 Å². The third kappa shape index (κ3) is 8.24. The molecular formula is C33H42OS4. The van der Waals surface area contributed by atoms with Gasteiger partial charge in [0.25, 0.3) is 0 Å². The van der Waals surface area contributed by atoms with E-state index in [-0.39, 0.29) is 0 Å². The lowest BCUT2D eigenvalue weighted by atomic mass is 10.0. The maximum absolute atomic E-state index is 11.3. The van der Waals surface area contributed by atoms with Gasteiger partial charge in [0.15, 0.2) is 6.29 Å². The summed E-state index contributed by atoms with van der Waals surface area (Å²) in [5.74, 6) is 0.